The predicted octanol–water partition coefficient (Wildman–Crippen LogP) is 1.23. The average molecular weight is 266 g/mol. The highest BCUT2D eigenvalue weighted by Gasteiger charge is 2.15. The van der Waals surface area contributed by atoms with Crippen molar-refractivity contribution in [2.75, 3.05) is 7.11 Å². The number of carbonyl (C=O) groups is 1. The van der Waals surface area contributed by atoms with Crippen molar-refractivity contribution >= 4 is 5.91 Å². The Labute approximate surface area is 113 Å². The second-order valence-electron chi connectivity index (χ2n) is 4.51. The molecule has 2 atom stereocenters. The van der Waals surface area contributed by atoms with Gasteiger partial charge in [0.25, 0.3) is 5.91 Å². The summed E-state index contributed by atoms with van der Waals surface area (Å²) in [5.41, 5.74) is 12.1. The van der Waals surface area contributed by atoms with Crippen molar-refractivity contribution < 1.29 is 14.3 Å². The number of hydrogen-bond acceptors (Lipinski definition) is 4. The van der Waals surface area contributed by atoms with Crippen LogP contribution < -0.4 is 20.9 Å². The zero-order valence-electron chi connectivity index (χ0n) is 11.7. The molecule has 1 aromatic carbocycles. The van der Waals surface area contributed by atoms with E-state index in [0.717, 1.165) is 12.0 Å². The van der Waals surface area contributed by atoms with Gasteiger partial charge in [0.1, 0.15) is 11.5 Å². The molecule has 0 aliphatic rings. The smallest absolute Gasteiger partial charge is 0.258 e. The third-order valence-corrected chi connectivity index (χ3v) is 2.99. The van der Waals surface area contributed by atoms with Gasteiger partial charge in [-0.25, -0.2) is 0 Å². The van der Waals surface area contributed by atoms with Crippen LogP contribution in [0.25, 0.3) is 0 Å². The maximum Gasteiger partial charge on any atom is 0.258 e. The van der Waals surface area contributed by atoms with E-state index in [1.165, 1.54) is 0 Å². The summed E-state index contributed by atoms with van der Waals surface area (Å²) in [4.78, 5) is 11.1. The quantitative estimate of drug-likeness (QED) is 0.777. The third kappa shape index (κ3) is 4.44. The summed E-state index contributed by atoms with van der Waals surface area (Å²) in [6, 6.07) is 5.55. The largest absolute Gasteiger partial charge is 0.497 e. The molecular weight excluding hydrogens is 244 g/mol. The minimum atomic E-state index is -0.691. The Balaban J connectivity index is 2.98. The second-order valence-corrected chi connectivity index (χ2v) is 4.51. The standard InChI is InChI=1S/C14H22N2O3/c1-4-11(15)7-10-5-6-12(18-3)8-13(10)19-9(2)14(16)17/h5-6,8-9,11H,4,7,15H2,1-3H3,(H2,16,17). The number of benzene rings is 1. The fourth-order valence-corrected chi connectivity index (χ4v) is 1.62. The Morgan fingerprint density at radius 1 is 1.42 bits per heavy atom. The van der Waals surface area contributed by atoms with Crippen LogP contribution in [0.3, 0.4) is 0 Å². The van der Waals surface area contributed by atoms with Crippen molar-refractivity contribution in [3.05, 3.63) is 23.8 Å². The normalized spacial score (nSPS) is 13.7. The molecule has 0 saturated carbocycles. The first-order chi connectivity index (χ1) is 8.97. The predicted molar refractivity (Wildman–Crippen MR) is 74.2 cm³/mol. The van der Waals surface area contributed by atoms with Crippen LogP contribution in [-0.4, -0.2) is 25.2 Å². The number of carbonyl (C=O) groups excluding carboxylic acids is 1. The van der Waals surface area contributed by atoms with E-state index in [-0.39, 0.29) is 6.04 Å². The molecule has 106 valence electrons. The van der Waals surface area contributed by atoms with Gasteiger partial charge in [0.2, 0.25) is 0 Å². The molecule has 0 bridgehead atoms. The zero-order chi connectivity index (χ0) is 14.4. The van der Waals surface area contributed by atoms with Gasteiger partial charge in [-0.05, 0) is 31.4 Å². The first-order valence-corrected chi connectivity index (χ1v) is 6.36. The van der Waals surface area contributed by atoms with E-state index in [0.29, 0.717) is 17.9 Å². The molecule has 0 radical (unpaired) electrons. The molecule has 1 aromatic rings. The minimum Gasteiger partial charge on any atom is -0.497 e. The lowest BCUT2D eigenvalue weighted by Crippen LogP contribution is -2.31. The summed E-state index contributed by atoms with van der Waals surface area (Å²) < 4.78 is 10.7. The van der Waals surface area contributed by atoms with Crippen molar-refractivity contribution in [1.29, 1.82) is 0 Å². The van der Waals surface area contributed by atoms with Gasteiger partial charge in [-0.2, -0.15) is 0 Å². The molecule has 0 aliphatic heterocycles. The summed E-state index contributed by atoms with van der Waals surface area (Å²) in [5, 5.41) is 0. The summed E-state index contributed by atoms with van der Waals surface area (Å²) in [5.74, 6) is 0.753. The van der Waals surface area contributed by atoms with Crippen LogP contribution in [0.4, 0.5) is 0 Å². The van der Waals surface area contributed by atoms with E-state index in [9.17, 15) is 4.79 Å². The molecular formula is C14H22N2O3. The van der Waals surface area contributed by atoms with E-state index >= 15 is 0 Å². The first-order valence-electron chi connectivity index (χ1n) is 6.36. The molecule has 0 aliphatic carbocycles. The molecule has 1 amide bonds. The molecule has 0 fully saturated rings. The monoisotopic (exact) mass is 266 g/mol. The number of primary amides is 1. The van der Waals surface area contributed by atoms with E-state index in [1.807, 2.05) is 19.1 Å². The van der Waals surface area contributed by atoms with Crippen molar-refractivity contribution in [2.45, 2.75) is 38.8 Å². The Morgan fingerprint density at radius 2 is 2.11 bits per heavy atom. The van der Waals surface area contributed by atoms with Crippen LogP contribution in [0, 0.1) is 0 Å². The van der Waals surface area contributed by atoms with Crippen LogP contribution in [-0.2, 0) is 11.2 Å². The molecule has 1 rings (SSSR count). The number of nitrogens with two attached hydrogens (primary N) is 2. The molecule has 19 heavy (non-hydrogen) atoms. The maximum atomic E-state index is 11.1. The van der Waals surface area contributed by atoms with Gasteiger partial charge in [-0.15, -0.1) is 0 Å². The number of methoxy groups -OCH3 is 1. The molecule has 2 unspecified atom stereocenters. The fraction of sp³-hybridized carbons (Fsp3) is 0.500. The summed E-state index contributed by atoms with van der Waals surface area (Å²) in [7, 11) is 1.58. The van der Waals surface area contributed by atoms with Crippen molar-refractivity contribution in [3.63, 3.8) is 0 Å². The fourth-order valence-electron chi connectivity index (χ4n) is 1.62. The van der Waals surface area contributed by atoms with Gasteiger partial charge in [0.05, 0.1) is 7.11 Å². The van der Waals surface area contributed by atoms with Gasteiger partial charge in [0, 0.05) is 12.1 Å². The molecule has 5 nitrogen and oxygen atoms in total. The number of hydrogen-bond donors (Lipinski definition) is 2. The van der Waals surface area contributed by atoms with Crippen molar-refractivity contribution in [3.8, 4) is 11.5 Å². The van der Waals surface area contributed by atoms with Gasteiger partial charge >= 0.3 is 0 Å². The van der Waals surface area contributed by atoms with Crippen LogP contribution in [0.5, 0.6) is 11.5 Å². The Morgan fingerprint density at radius 3 is 2.63 bits per heavy atom. The lowest BCUT2D eigenvalue weighted by atomic mass is 10.0. The molecule has 4 N–H and O–H groups in total. The van der Waals surface area contributed by atoms with Gasteiger partial charge in [0.15, 0.2) is 6.10 Å². The van der Waals surface area contributed by atoms with Crippen LogP contribution in [0.15, 0.2) is 18.2 Å². The molecule has 5 heteroatoms. The lowest BCUT2D eigenvalue weighted by Gasteiger charge is -2.18. The SMILES string of the molecule is CCC(N)Cc1ccc(OC)cc1OC(C)C(N)=O. The molecule has 0 spiro atoms. The highest BCUT2D eigenvalue weighted by molar-refractivity contribution is 5.78. The topological polar surface area (TPSA) is 87.6 Å². The number of ether oxygens (including phenoxy) is 2. The number of rotatable bonds is 7. The van der Waals surface area contributed by atoms with Crippen LogP contribution in [0.1, 0.15) is 25.8 Å². The van der Waals surface area contributed by atoms with E-state index in [1.54, 1.807) is 20.1 Å². The Kier molecular flexibility index (Phi) is 5.63. The number of amides is 1. The molecule has 0 heterocycles. The Bertz CT molecular complexity index is 435. The first kappa shape index (κ1) is 15.3. The highest BCUT2D eigenvalue weighted by atomic mass is 16.5. The molecule has 0 aromatic heterocycles. The average Bonchev–Trinajstić information content (AvgIpc) is 2.40. The minimum absolute atomic E-state index is 0.0552. The maximum absolute atomic E-state index is 11.1. The van der Waals surface area contributed by atoms with Crippen molar-refractivity contribution in [1.82, 2.24) is 0 Å². The summed E-state index contributed by atoms with van der Waals surface area (Å²) >= 11 is 0. The van der Waals surface area contributed by atoms with E-state index < -0.39 is 12.0 Å². The highest BCUT2D eigenvalue weighted by Crippen LogP contribution is 2.27. The van der Waals surface area contributed by atoms with E-state index in [2.05, 4.69) is 0 Å². The molecule has 0 saturated heterocycles. The van der Waals surface area contributed by atoms with E-state index in [4.69, 9.17) is 20.9 Å². The van der Waals surface area contributed by atoms with Gasteiger partial charge < -0.3 is 20.9 Å². The second kappa shape index (κ2) is 6.99. The summed E-state index contributed by atoms with van der Waals surface area (Å²) in [6.07, 6.45) is 0.863. The van der Waals surface area contributed by atoms with Crippen LogP contribution >= 0.6 is 0 Å². The van der Waals surface area contributed by atoms with Gasteiger partial charge in [-0.3, -0.25) is 4.79 Å². The lowest BCUT2D eigenvalue weighted by molar-refractivity contribution is -0.124. The van der Waals surface area contributed by atoms with Gasteiger partial charge in [-0.1, -0.05) is 13.0 Å². The van der Waals surface area contributed by atoms with Crippen molar-refractivity contribution in [2.24, 2.45) is 11.5 Å². The third-order valence-electron chi connectivity index (χ3n) is 2.99. The van der Waals surface area contributed by atoms with Crippen LogP contribution in [0.2, 0.25) is 0 Å². The Hall–Kier alpha value is -1.75. The zero-order valence-corrected chi connectivity index (χ0v) is 11.7. The summed E-state index contributed by atoms with van der Waals surface area (Å²) in [6.45, 7) is 3.64.